The predicted molar refractivity (Wildman–Crippen MR) is 177 cm³/mol. The summed E-state index contributed by atoms with van der Waals surface area (Å²) in [4.78, 5) is 50.8. The standard InChI is InChI=1S/C33H44N8O4S/c1-22-15-23(16-24-18-34-36-30(22)24)17-29(31(42)39-7-3-26(4-8-39)38-13-11-37(2)12-14-38)45-33(44)40-9-5-27(6-10-40)41-19-25-20-46-21-28(25)35-32(41)43/h15-16,18,20-21,26-27,29H,3-14,17,19H2,1-2H3,(H,34,36)(H,35,43). The number of rotatable bonds is 6. The first-order chi connectivity index (χ1) is 22.3. The van der Waals surface area contributed by atoms with Crippen molar-refractivity contribution in [3.8, 4) is 0 Å². The summed E-state index contributed by atoms with van der Waals surface area (Å²) in [6.07, 6.45) is 3.89. The summed E-state index contributed by atoms with van der Waals surface area (Å²) in [5.41, 5.74) is 4.97. The van der Waals surface area contributed by atoms with Crippen molar-refractivity contribution in [1.29, 1.82) is 0 Å². The molecule has 1 unspecified atom stereocenters. The fourth-order valence-corrected chi connectivity index (χ4v) is 8.30. The van der Waals surface area contributed by atoms with Gasteiger partial charge in [-0.2, -0.15) is 5.10 Å². The summed E-state index contributed by atoms with van der Waals surface area (Å²) in [6.45, 7) is 9.17. The number of carbonyl (C=O) groups excluding carboxylic acids is 3. The van der Waals surface area contributed by atoms with Gasteiger partial charge in [0.25, 0.3) is 5.91 Å². The van der Waals surface area contributed by atoms with Gasteiger partial charge < -0.3 is 29.7 Å². The van der Waals surface area contributed by atoms with Crippen LogP contribution in [-0.2, 0) is 22.5 Å². The van der Waals surface area contributed by atoms with E-state index in [0.717, 1.165) is 72.3 Å². The highest BCUT2D eigenvalue weighted by atomic mass is 32.1. The Morgan fingerprint density at radius 1 is 0.978 bits per heavy atom. The van der Waals surface area contributed by atoms with Crippen LogP contribution in [-0.4, -0.2) is 130 Å². The molecule has 6 heterocycles. The van der Waals surface area contributed by atoms with Crippen LogP contribution in [0.3, 0.4) is 0 Å². The molecule has 3 saturated heterocycles. The molecule has 0 bridgehead atoms. The Labute approximate surface area is 273 Å². The topological polar surface area (TPSA) is 117 Å². The summed E-state index contributed by atoms with van der Waals surface area (Å²) in [6, 6.07) is 4.51. The van der Waals surface area contributed by atoms with Gasteiger partial charge in [0.2, 0.25) is 0 Å². The van der Waals surface area contributed by atoms with Crippen LogP contribution in [0.25, 0.3) is 10.9 Å². The molecule has 246 valence electrons. The maximum absolute atomic E-state index is 14.1. The third-order valence-corrected chi connectivity index (χ3v) is 11.1. The molecule has 0 saturated carbocycles. The van der Waals surface area contributed by atoms with Crippen molar-refractivity contribution in [2.45, 2.75) is 63.8 Å². The number of benzene rings is 1. The van der Waals surface area contributed by atoms with Gasteiger partial charge in [0.15, 0.2) is 6.10 Å². The molecule has 2 aromatic heterocycles. The number of aryl methyl sites for hydroxylation is 1. The minimum Gasteiger partial charge on any atom is -0.436 e. The molecule has 3 fully saturated rings. The van der Waals surface area contributed by atoms with Crippen LogP contribution in [0, 0.1) is 6.92 Å². The molecule has 3 aromatic rings. The number of likely N-dealkylation sites (N-methyl/N-ethyl adjacent to an activating group) is 1. The number of fused-ring (bicyclic) bond motifs is 2. The number of hydrogen-bond donors (Lipinski definition) is 2. The van der Waals surface area contributed by atoms with E-state index in [9.17, 15) is 14.4 Å². The maximum Gasteiger partial charge on any atom is 0.410 e. The second-order valence-corrected chi connectivity index (χ2v) is 14.0. The van der Waals surface area contributed by atoms with E-state index in [-0.39, 0.29) is 18.0 Å². The summed E-state index contributed by atoms with van der Waals surface area (Å²) in [7, 11) is 2.17. The van der Waals surface area contributed by atoms with Crippen molar-refractivity contribution in [1.82, 2.24) is 34.7 Å². The number of amides is 4. The highest BCUT2D eigenvalue weighted by Gasteiger charge is 2.37. The molecule has 4 amide bonds. The molecule has 0 aliphatic carbocycles. The number of nitrogens with zero attached hydrogens (tertiary/aromatic N) is 6. The van der Waals surface area contributed by atoms with Crippen molar-refractivity contribution in [3.63, 3.8) is 0 Å². The van der Waals surface area contributed by atoms with Crippen molar-refractivity contribution in [2.75, 3.05) is 64.7 Å². The summed E-state index contributed by atoms with van der Waals surface area (Å²) in [5, 5.41) is 15.2. The summed E-state index contributed by atoms with van der Waals surface area (Å²) < 4.78 is 6.10. The van der Waals surface area contributed by atoms with Gasteiger partial charge in [-0.25, -0.2) is 9.59 Å². The van der Waals surface area contributed by atoms with Gasteiger partial charge in [0.05, 0.1) is 23.9 Å². The molecule has 7 rings (SSSR count). The van der Waals surface area contributed by atoms with Crippen LogP contribution < -0.4 is 5.32 Å². The molecule has 0 radical (unpaired) electrons. The van der Waals surface area contributed by atoms with Crippen LogP contribution in [0.5, 0.6) is 0 Å². The van der Waals surface area contributed by atoms with Crippen molar-refractivity contribution in [3.05, 3.63) is 45.8 Å². The molecule has 13 heteroatoms. The number of aromatic nitrogens is 2. The number of carbonyl (C=O) groups is 3. The second-order valence-electron chi connectivity index (χ2n) is 13.3. The van der Waals surface area contributed by atoms with Gasteiger partial charge >= 0.3 is 12.1 Å². The lowest BCUT2D eigenvalue weighted by atomic mass is 9.99. The Balaban J connectivity index is 1.00. The van der Waals surface area contributed by atoms with Crippen LogP contribution in [0.2, 0.25) is 0 Å². The monoisotopic (exact) mass is 648 g/mol. The van der Waals surface area contributed by atoms with E-state index in [2.05, 4.69) is 37.7 Å². The third-order valence-electron chi connectivity index (χ3n) is 10.3. The minimum absolute atomic E-state index is 0.0424. The average molecular weight is 649 g/mol. The number of nitrogens with one attached hydrogen (secondary N) is 2. The summed E-state index contributed by atoms with van der Waals surface area (Å²) >= 11 is 1.59. The largest absolute Gasteiger partial charge is 0.436 e. The molecular formula is C33H44N8O4S. The Morgan fingerprint density at radius 3 is 2.46 bits per heavy atom. The lowest BCUT2D eigenvalue weighted by molar-refractivity contribution is -0.142. The predicted octanol–water partition coefficient (Wildman–Crippen LogP) is 3.73. The van der Waals surface area contributed by atoms with Crippen molar-refractivity contribution in [2.24, 2.45) is 0 Å². The number of aromatic amines is 1. The second kappa shape index (κ2) is 13.2. The molecule has 1 atom stereocenters. The normalized spacial score (nSPS) is 21.3. The molecule has 4 aliphatic rings. The number of thiophene rings is 1. The van der Waals surface area contributed by atoms with Gasteiger partial charge in [-0.05, 0) is 62.2 Å². The number of hydrogen-bond acceptors (Lipinski definition) is 8. The molecule has 0 spiro atoms. The fraction of sp³-hybridized carbons (Fsp3) is 0.576. The fourth-order valence-electron chi connectivity index (χ4n) is 7.51. The average Bonchev–Trinajstić information content (AvgIpc) is 3.74. The van der Waals surface area contributed by atoms with Gasteiger partial charge in [0.1, 0.15) is 0 Å². The van der Waals surface area contributed by atoms with E-state index < -0.39 is 12.2 Å². The highest BCUT2D eigenvalue weighted by molar-refractivity contribution is 7.08. The molecule has 4 aliphatic heterocycles. The van der Waals surface area contributed by atoms with Crippen LogP contribution in [0.1, 0.15) is 42.4 Å². The van der Waals surface area contributed by atoms with Crippen molar-refractivity contribution >= 4 is 46.0 Å². The first-order valence-corrected chi connectivity index (χ1v) is 17.5. The van der Waals surface area contributed by atoms with Gasteiger partial charge in [-0.3, -0.25) is 14.8 Å². The smallest absolute Gasteiger partial charge is 0.410 e. The highest BCUT2D eigenvalue weighted by Crippen LogP contribution is 2.31. The van der Waals surface area contributed by atoms with E-state index in [1.807, 2.05) is 34.2 Å². The minimum atomic E-state index is -0.918. The zero-order chi connectivity index (χ0) is 31.8. The quantitative estimate of drug-likeness (QED) is 0.419. The Morgan fingerprint density at radius 2 is 1.70 bits per heavy atom. The van der Waals surface area contributed by atoms with Gasteiger partial charge in [-0.15, -0.1) is 11.3 Å². The number of H-pyrrole nitrogens is 1. The number of anilines is 1. The molecule has 46 heavy (non-hydrogen) atoms. The first kappa shape index (κ1) is 30.9. The molecule has 1 aromatic carbocycles. The van der Waals surface area contributed by atoms with E-state index in [1.54, 1.807) is 22.4 Å². The van der Waals surface area contributed by atoms with E-state index in [4.69, 9.17) is 4.74 Å². The number of likely N-dealkylation sites (tertiary alicyclic amines) is 2. The van der Waals surface area contributed by atoms with Crippen LogP contribution in [0.4, 0.5) is 15.3 Å². The zero-order valence-electron chi connectivity index (χ0n) is 26.7. The van der Waals surface area contributed by atoms with E-state index in [1.165, 1.54) is 0 Å². The van der Waals surface area contributed by atoms with Crippen LogP contribution in [0.15, 0.2) is 29.1 Å². The first-order valence-electron chi connectivity index (χ1n) is 16.5. The maximum atomic E-state index is 14.1. The van der Waals surface area contributed by atoms with Gasteiger partial charge in [-0.1, -0.05) is 6.07 Å². The molecule has 12 nitrogen and oxygen atoms in total. The molecular weight excluding hydrogens is 604 g/mol. The summed E-state index contributed by atoms with van der Waals surface area (Å²) in [5.74, 6) is -0.124. The number of piperazine rings is 1. The van der Waals surface area contributed by atoms with Gasteiger partial charge in [0, 0.05) is 87.2 Å². The lowest BCUT2D eigenvalue weighted by Gasteiger charge is -2.42. The SMILES string of the molecule is Cc1cc(CC(OC(=O)N2CCC(N3Cc4cscc4NC3=O)CC2)C(=O)N2CCC(N3CCN(C)CC3)CC2)cc2cn[nH]c12. The Bertz CT molecular complexity index is 1570. The number of piperidine rings is 2. The van der Waals surface area contributed by atoms with Crippen molar-refractivity contribution < 1.29 is 19.1 Å². The third kappa shape index (κ3) is 6.45. The molecule has 2 N–H and O–H groups in total. The number of urea groups is 1. The van der Waals surface area contributed by atoms with Crippen LogP contribution >= 0.6 is 11.3 Å². The van der Waals surface area contributed by atoms with E-state index in [0.29, 0.717) is 58.0 Å². The van der Waals surface area contributed by atoms with E-state index >= 15 is 0 Å². The Hall–Kier alpha value is -3.68. The number of ether oxygens (including phenoxy) is 1. The lowest BCUT2D eigenvalue weighted by Crippen LogP contribution is -2.54. The zero-order valence-corrected chi connectivity index (χ0v) is 27.6. The Kier molecular flexibility index (Phi) is 8.88.